The number of nitrogens with one attached hydrogen (secondary N) is 2. The Kier molecular flexibility index (Phi) is 8.65. The molecular formula is C17H22N2O7. The van der Waals surface area contributed by atoms with Gasteiger partial charge in [-0.25, -0.2) is 14.4 Å². The fraction of sp³-hybridized carbons (Fsp3) is 0.353. The van der Waals surface area contributed by atoms with Crippen molar-refractivity contribution in [2.45, 2.75) is 20.0 Å². The molecule has 0 spiro atoms. The lowest BCUT2D eigenvalue weighted by atomic mass is 10.2. The molecule has 0 aliphatic heterocycles. The van der Waals surface area contributed by atoms with Crippen molar-refractivity contribution in [1.82, 2.24) is 0 Å². The summed E-state index contributed by atoms with van der Waals surface area (Å²) in [5.74, 6) is -0.605. The molecule has 2 amide bonds. The van der Waals surface area contributed by atoms with Crippen molar-refractivity contribution >= 4 is 29.5 Å². The number of rotatable bonds is 8. The number of anilines is 2. The number of aliphatic hydroxyl groups excluding tert-OH is 1. The van der Waals surface area contributed by atoms with E-state index >= 15 is 0 Å². The van der Waals surface area contributed by atoms with E-state index in [4.69, 9.17) is 14.6 Å². The minimum atomic E-state index is -0.767. The highest BCUT2D eigenvalue weighted by Gasteiger charge is 2.10. The summed E-state index contributed by atoms with van der Waals surface area (Å²) in [6.45, 7) is 6.16. The lowest BCUT2D eigenvalue weighted by molar-refractivity contribution is -0.138. The summed E-state index contributed by atoms with van der Waals surface area (Å²) in [6.07, 6.45) is -1.23. The summed E-state index contributed by atoms with van der Waals surface area (Å²) in [4.78, 5) is 34.2. The molecule has 1 unspecified atom stereocenters. The lowest BCUT2D eigenvalue weighted by Gasteiger charge is -2.12. The van der Waals surface area contributed by atoms with Crippen LogP contribution >= 0.6 is 0 Å². The van der Waals surface area contributed by atoms with Gasteiger partial charge in [0.25, 0.3) is 0 Å². The molecule has 1 atom stereocenters. The summed E-state index contributed by atoms with van der Waals surface area (Å²) in [5.41, 5.74) is 1.55. The van der Waals surface area contributed by atoms with Crippen LogP contribution in [0, 0.1) is 6.92 Å². The SMILES string of the molecule is C=CC(=O)OCCOC(=O)Nc1cc(NC(=O)OCC(C)O)ccc1C. The van der Waals surface area contributed by atoms with Gasteiger partial charge < -0.3 is 19.3 Å². The quantitative estimate of drug-likeness (QED) is 0.279. The van der Waals surface area contributed by atoms with Gasteiger partial charge in [0, 0.05) is 17.5 Å². The molecule has 0 aliphatic carbocycles. The first-order chi connectivity index (χ1) is 12.3. The molecule has 0 radical (unpaired) electrons. The summed E-state index contributed by atoms with van der Waals surface area (Å²) in [5, 5.41) is 14.1. The first kappa shape index (κ1) is 21.0. The van der Waals surface area contributed by atoms with Crippen LogP contribution in [0.25, 0.3) is 0 Å². The average molecular weight is 366 g/mol. The molecule has 9 nitrogen and oxygen atoms in total. The van der Waals surface area contributed by atoms with E-state index in [1.165, 1.54) is 13.0 Å². The molecular weight excluding hydrogens is 344 g/mol. The predicted octanol–water partition coefficient (Wildman–Crippen LogP) is 2.20. The van der Waals surface area contributed by atoms with Gasteiger partial charge in [-0.1, -0.05) is 12.6 Å². The van der Waals surface area contributed by atoms with Crippen LogP contribution in [-0.4, -0.2) is 49.2 Å². The second kappa shape index (κ2) is 10.7. The molecule has 9 heteroatoms. The summed E-state index contributed by atoms with van der Waals surface area (Å²) >= 11 is 0. The van der Waals surface area contributed by atoms with Crippen molar-refractivity contribution in [3.05, 3.63) is 36.4 Å². The second-order valence-corrected chi connectivity index (χ2v) is 5.23. The predicted molar refractivity (Wildman–Crippen MR) is 94.0 cm³/mol. The number of hydrogen-bond acceptors (Lipinski definition) is 7. The van der Waals surface area contributed by atoms with Crippen LogP contribution in [0.3, 0.4) is 0 Å². The fourth-order valence-electron chi connectivity index (χ4n) is 1.67. The van der Waals surface area contributed by atoms with Crippen LogP contribution < -0.4 is 10.6 Å². The van der Waals surface area contributed by atoms with E-state index in [9.17, 15) is 14.4 Å². The van der Waals surface area contributed by atoms with E-state index in [1.54, 1.807) is 19.1 Å². The molecule has 142 valence electrons. The number of amides is 2. The topological polar surface area (TPSA) is 123 Å². The van der Waals surface area contributed by atoms with Crippen LogP contribution in [-0.2, 0) is 19.0 Å². The first-order valence-corrected chi connectivity index (χ1v) is 7.77. The molecule has 0 heterocycles. The van der Waals surface area contributed by atoms with E-state index in [-0.39, 0.29) is 19.8 Å². The van der Waals surface area contributed by atoms with Crippen LogP contribution in [0.2, 0.25) is 0 Å². The number of carbonyl (C=O) groups excluding carboxylic acids is 3. The zero-order valence-electron chi connectivity index (χ0n) is 14.6. The molecule has 0 aliphatic rings. The Morgan fingerprint density at radius 1 is 1.15 bits per heavy atom. The molecule has 1 rings (SSSR count). The van der Waals surface area contributed by atoms with Crippen molar-refractivity contribution in [1.29, 1.82) is 0 Å². The van der Waals surface area contributed by atoms with Crippen molar-refractivity contribution in [2.75, 3.05) is 30.5 Å². The minimum Gasteiger partial charge on any atom is -0.459 e. The van der Waals surface area contributed by atoms with Gasteiger partial charge in [-0.15, -0.1) is 0 Å². The number of hydrogen-bond donors (Lipinski definition) is 3. The average Bonchev–Trinajstić information content (AvgIpc) is 2.59. The van der Waals surface area contributed by atoms with Gasteiger partial charge >= 0.3 is 18.2 Å². The third kappa shape index (κ3) is 8.15. The maximum atomic E-state index is 11.8. The van der Waals surface area contributed by atoms with E-state index in [1.807, 2.05) is 0 Å². The molecule has 1 aromatic carbocycles. The Labute approximate surface area is 150 Å². The van der Waals surface area contributed by atoms with Crippen molar-refractivity contribution in [2.24, 2.45) is 0 Å². The molecule has 26 heavy (non-hydrogen) atoms. The fourth-order valence-corrected chi connectivity index (χ4v) is 1.67. The smallest absolute Gasteiger partial charge is 0.411 e. The van der Waals surface area contributed by atoms with Gasteiger partial charge in [-0.05, 0) is 31.5 Å². The monoisotopic (exact) mass is 366 g/mol. The summed E-state index contributed by atoms with van der Waals surface area (Å²) in [6, 6.07) is 4.84. The number of ether oxygens (including phenoxy) is 3. The number of aryl methyl sites for hydroxylation is 1. The van der Waals surface area contributed by atoms with Gasteiger partial charge in [-0.3, -0.25) is 10.6 Å². The number of esters is 1. The van der Waals surface area contributed by atoms with Crippen molar-refractivity contribution in [3.63, 3.8) is 0 Å². The van der Waals surface area contributed by atoms with Crippen LogP contribution in [0.15, 0.2) is 30.9 Å². The third-order valence-electron chi connectivity index (χ3n) is 2.90. The highest BCUT2D eigenvalue weighted by molar-refractivity contribution is 5.89. The highest BCUT2D eigenvalue weighted by Crippen LogP contribution is 2.20. The third-order valence-corrected chi connectivity index (χ3v) is 2.90. The Morgan fingerprint density at radius 3 is 2.46 bits per heavy atom. The molecule has 0 bridgehead atoms. The largest absolute Gasteiger partial charge is 0.459 e. The van der Waals surface area contributed by atoms with Gasteiger partial charge in [0.2, 0.25) is 0 Å². The molecule has 3 N–H and O–H groups in total. The maximum absolute atomic E-state index is 11.8. The van der Waals surface area contributed by atoms with E-state index in [0.29, 0.717) is 11.4 Å². The zero-order valence-corrected chi connectivity index (χ0v) is 14.6. The molecule has 0 saturated carbocycles. The van der Waals surface area contributed by atoms with Crippen LogP contribution in [0.4, 0.5) is 21.0 Å². The molecule has 0 fully saturated rings. The van der Waals surface area contributed by atoms with E-state index < -0.39 is 24.3 Å². The van der Waals surface area contributed by atoms with Gasteiger partial charge in [0.15, 0.2) is 0 Å². The second-order valence-electron chi connectivity index (χ2n) is 5.23. The van der Waals surface area contributed by atoms with Crippen molar-refractivity contribution in [3.8, 4) is 0 Å². The highest BCUT2D eigenvalue weighted by atomic mass is 16.6. The van der Waals surface area contributed by atoms with E-state index in [0.717, 1.165) is 11.6 Å². The van der Waals surface area contributed by atoms with Gasteiger partial charge in [0.05, 0.1) is 6.10 Å². The normalized spacial score (nSPS) is 11.0. The Bertz CT molecular complexity index is 659. The van der Waals surface area contributed by atoms with Crippen LogP contribution in [0.1, 0.15) is 12.5 Å². The zero-order chi connectivity index (χ0) is 19.5. The van der Waals surface area contributed by atoms with Gasteiger partial charge in [0.1, 0.15) is 19.8 Å². The molecule has 0 aromatic heterocycles. The number of benzene rings is 1. The number of carbonyl (C=O) groups is 3. The summed E-state index contributed by atoms with van der Waals surface area (Å²) < 4.78 is 14.3. The van der Waals surface area contributed by atoms with E-state index in [2.05, 4.69) is 21.9 Å². The molecule has 1 aromatic rings. The maximum Gasteiger partial charge on any atom is 0.411 e. The molecule has 0 saturated heterocycles. The standard InChI is InChI=1S/C17H22N2O7/c1-4-15(21)24-7-8-25-17(23)19-14-9-13(6-5-11(14)2)18-16(22)26-10-12(3)20/h4-6,9,12,20H,1,7-8,10H2,2-3H3,(H,18,22)(H,19,23). The first-order valence-electron chi connectivity index (χ1n) is 7.77. The lowest BCUT2D eigenvalue weighted by Crippen LogP contribution is -2.20. The Balaban J connectivity index is 2.53. The summed E-state index contributed by atoms with van der Waals surface area (Å²) in [7, 11) is 0. The Morgan fingerprint density at radius 2 is 1.81 bits per heavy atom. The van der Waals surface area contributed by atoms with Gasteiger partial charge in [-0.2, -0.15) is 0 Å². The number of aliphatic hydroxyl groups is 1. The van der Waals surface area contributed by atoms with Crippen molar-refractivity contribution < 1.29 is 33.7 Å². The minimum absolute atomic E-state index is 0.0893. The Hall–Kier alpha value is -3.07. The van der Waals surface area contributed by atoms with Crippen LogP contribution in [0.5, 0.6) is 0 Å².